The average Bonchev–Trinajstić information content (AvgIpc) is 2.04. The molecule has 1 rings (SSSR count). The first-order valence-electron chi connectivity index (χ1n) is 5.04. The highest BCUT2D eigenvalue weighted by atomic mass is 14.2. The highest BCUT2D eigenvalue weighted by Gasteiger charge is 2.19. The van der Waals surface area contributed by atoms with Gasteiger partial charge in [0.05, 0.1) is 0 Å². The third-order valence-corrected chi connectivity index (χ3v) is 2.86. The maximum atomic E-state index is 2.33. The van der Waals surface area contributed by atoms with Gasteiger partial charge in [-0.15, -0.1) is 0 Å². The van der Waals surface area contributed by atoms with Crippen molar-refractivity contribution in [1.82, 2.24) is 0 Å². The van der Waals surface area contributed by atoms with Crippen molar-refractivity contribution in [3.05, 3.63) is 35.9 Å². The second-order valence-corrected chi connectivity index (χ2v) is 4.96. The molecule has 13 heavy (non-hydrogen) atoms. The Morgan fingerprint density at radius 1 is 1.08 bits per heavy atom. The van der Waals surface area contributed by atoms with Gasteiger partial charge in [0.2, 0.25) is 0 Å². The first-order valence-corrected chi connectivity index (χ1v) is 5.04. The molecule has 0 unspecified atom stereocenters. The summed E-state index contributed by atoms with van der Waals surface area (Å²) in [5.41, 5.74) is 1.86. The number of hydrogen-bond acceptors (Lipinski definition) is 0. The molecule has 0 aliphatic carbocycles. The fourth-order valence-corrected chi connectivity index (χ4v) is 1.27. The summed E-state index contributed by atoms with van der Waals surface area (Å²) in [5, 5.41) is 0. The van der Waals surface area contributed by atoms with E-state index in [1.807, 2.05) is 0 Å². The maximum absolute atomic E-state index is 2.33. The molecular weight excluding hydrogens is 156 g/mol. The maximum Gasteiger partial charge on any atom is -0.0248 e. The Morgan fingerprint density at radius 3 is 2.08 bits per heavy atom. The minimum absolute atomic E-state index is 0.413. The van der Waals surface area contributed by atoms with E-state index in [1.54, 1.807) is 0 Å². The summed E-state index contributed by atoms with van der Waals surface area (Å²) >= 11 is 0. The second kappa shape index (κ2) is 3.95. The number of benzene rings is 1. The predicted molar refractivity (Wildman–Crippen MR) is 58.8 cm³/mol. The molecule has 0 nitrogen and oxygen atoms in total. The summed E-state index contributed by atoms with van der Waals surface area (Å²) in [7, 11) is 0. The molecule has 0 saturated heterocycles. The number of hydrogen-bond donors (Lipinski definition) is 0. The molecule has 0 N–H and O–H groups in total. The van der Waals surface area contributed by atoms with Gasteiger partial charge in [-0.25, -0.2) is 0 Å². The van der Waals surface area contributed by atoms with Gasteiger partial charge >= 0.3 is 0 Å². The van der Waals surface area contributed by atoms with Crippen LogP contribution in [0.2, 0.25) is 0 Å². The Bertz CT molecular complexity index is 240. The smallest absolute Gasteiger partial charge is 0.0248 e. The van der Waals surface area contributed by atoms with E-state index in [0.29, 0.717) is 5.41 Å². The van der Waals surface area contributed by atoms with Gasteiger partial charge in [0.25, 0.3) is 0 Å². The van der Waals surface area contributed by atoms with Crippen molar-refractivity contribution in [2.75, 3.05) is 0 Å². The predicted octanol–water partition coefficient (Wildman–Crippen LogP) is 3.91. The van der Waals surface area contributed by atoms with Crippen LogP contribution in [-0.2, 0) is 6.42 Å². The molecule has 0 aliphatic heterocycles. The zero-order valence-electron chi connectivity index (χ0n) is 9.17. The number of rotatable bonds is 2. The summed E-state index contributed by atoms with van der Waals surface area (Å²) < 4.78 is 0. The van der Waals surface area contributed by atoms with Crippen molar-refractivity contribution < 1.29 is 0 Å². The molecule has 1 aromatic rings. The van der Waals surface area contributed by atoms with Crippen molar-refractivity contribution in [1.29, 1.82) is 0 Å². The normalized spacial score (nSPS) is 14.2. The molecule has 0 radical (unpaired) electrons. The van der Waals surface area contributed by atoms with E-state index < -0.39 is 0 Å². The molecule has 0 aromatic heterocycles. The fourth-order valence-electron chi connectivity index (χ4n) is 1.27. The second-order valence-electron chi connectivity index (χ2n) is 4.96. The monoisotopic (exact) mass is 176 g/mol. The Morgan fingerprint density at radius 2 is 1.62 bits per heavy atom. The van der Waals surface area contributed by atoms with Crippen LogP contribution >= 0.6 is 0 Å². The summed E-state index contributed by atoms with van der Waals surface area (Å²) in [5.74, 6) is 0.731. The lowest BCUT2D eigenvalue weighted by Gasteiger charge is -2.27. The van der Waals surface area contributed by atoms with Crippen LogP contribution in [0.4, 0.5) is 0 Å². The highest BCUT2D eigenvalue weighted by Crippen LogP contribution is 2.28. The van der Waals surface area contributed by atoms with E-state index in [2.05, 4.69) is 58.0 Å². The zero-order valence-corrected chi connectivity index (χ0v) is 9.17. The standard InChI is InChI=1S/C13H20/c1-11(13(2,3)4)10-12-8-6-5-7-9-12/h5-9,11H,10H2,1-4H3/t11-/m1/s1. The van der Waals surface area contributed by atoms with Crippen LogP contribution in [0.15, 0.2) is 30.3 Å². The van der Waals surface area contributed by atoms with Gasteiger partial charge in [-0.05, 0) is 23.3 Å². The molecule has 0 bridgehead atoms. The molecule has 72 valence electrons. The van der Waals surface area contributed by atoms with E-state index >= 15 is 0 Å². The topological polar surface area (TPSA) is 0 Å². The lowest BCUT2D eigenvalue weighted by atomic mass is 9.79. The van der Waals surface area contributed by atoms with Crippen molar-refractivity contribution in [3.8, 4) is 0 Å². The minimum Gasteiger partial charge on any atom is -0.0622 e. The summed E-state index contributed by atoms with van der Waals surface area (Å²) in [6.45, 7) is 9.24. The first kappa shape index (κ1) is 10.3. The van der Waals surface area contributed by atoms with Crippen molar-refractivity contribution in [2.24, 2.45) is 11.3 Å². The Balaban J connectivity index is 2.61. The van der Waals surface area contributed by atoms with Crippen molar-refractivity contribution in [2.45, 2.75) is 34.1 Å². The van der Waals surface area contributed by atoms with E-state index in [-0.39, 0.29) is 0 Å². The van der Waals surface area contributed by atoms with Gasteiger partial charge in [0.1, 0.15) is 0 Å². The highest BCUT2D eigenvalue weighted by molar-refractivity contribution is 5.15. The Labute approximate surface area is 82.0 Å². The van der Waals surface area contributed by atoms with Crippen molar-refractivity contribution >= 4 is 0 Å². The quantitative estimate of drug-likeness (QED) is 0.641. The molecule has 1 atom stereocenters. The molecule has 0 saturated carbocycles. The molecule has 0 amide bonds. The third-order valence-electron chi connectivity index (χ3n) is 2.86. The molecule has 0 spiro atoms. The van der Waals surface area contributed by atoms with Gasteiger partial charge in [-0.1, -0.05) is 58.0 Å². The van der Waals surface area contributed by atoms with Gasteiger partial charge in [-0.3, -0.25) is 0 Å². The van der Waals surface area contributed by atoms with Gasteiger partial charge in [0, 0.05) is 0 Å². The van der Waals surface area contributed by atoms with E-state index in [9.17, 15) is 0 Å². The molecule has 0 fully saturated rings. The largest absolute Gasteiger partial charge is 0.0622 e. The van der Waals surface area contributed by atoms with Crippen molar-refractivity contribution in [3.63, 3.8) is 0 Å². The van der Waals surface area contributed by atoms with Crippen LogP contribution in [0.1, 0.15) is 33.3 Å². The molecule has 0 heteroatoms. The molecule has 0 aliphatic rings. The minimum atomic E-state index is 0.413. The summed E-state index contributed by atoms with van der Waals surface area (Å²) in [6.07, 6.45) is 1.18. The van der Waals surface area contributed by atoms with Gasteiger partial charge in [-0.2, -0.15) is 0 Å². The van der Waals surface area contributed by atoms with Crippen LogP contribution < -0.4 is 0 Å². The van der Waals surface area contributed by atoms with Crippen LogP contribution in [0.3, 0.4) is 0 Å². The van der Waals surface area contributed by atoms with Crippen LogP contribution in [-0.4, -0.2) is 0 Å². The average molecular weight is 176 g/mol. The van der Waals surface area contributed by atoms with E-state index in [4.69, 9.17) is 0 Å². The van der Waals surface area contributed by atoms with E-state index in [1.165, 1.54) is 12.0 Å². The first-order chi connectivity index (χ1) is 6.00. The molecule has 1 aromatic carbocycles. The van der Waals surface area contributed by atoms with Crippen LogP contribution in [0.5, 0.6) is 0 Å². The van der Waals surface area contributed by atoms with Gasteiger partial charge in [0.15, 0.2) is 0 Å². The van der Waals surface area contributed by atoms with Gasteiger partial charge < -0.3 is 0 Å². The summed E-state index contributed by atoms with van der Waals surface area (Å²) in [4.78, 5) is 0. The lowest BCUT2D eigenvalue weighted by Crippen LogP contribution is -2.19. The van der Waals surface area contributed by atoms with Crippen LogP contribution in [0, 0.1) is 11.3 Å². The molecular formula is C13H20. The Kier molecular flexibility index (Phi) is 3.13. The fraction of sp³-hybridized carbons (Fsp3) is 0.538. The van der Waals surface area contributed by atoms with E-state index in [0.717, 1.165) is 5.92 Å². The molecule has 0 heterocycles. The third kappa shape index (κ3) is 3.22. The SMILES string of the molecule is C[C@H](Cc1ccccc1)C(C)(C)C. The zero-order chi connectivity index (χ0) is 9.90. The summed E-state index contributed by atoms with van der Waals surface area (Å²) in [6, 6.07) is 10.7. The Hall–Kier alpha value is -0.780. The van der Waals surface area contributed by atoms with Crippen LogP contribution in [0.25, 0.3) is 0 Å². The lowest BCUT2D eigenvalue weighted by molar-refractivity contribution is 0.260.